The number of nitrogens with one attached hydrogen (secondary N) is 1. The Morgan fingerprint density at radius 3 is 2.85 bits per heavy atom. The van der Waals surface area contributed by atoms with Gasteiger partial charge >= 0.3 is 6.01 Å². The van der Waals surface area contributed by atoms with Gasteiger partial charge in [0, 0.05) is 30.6 Å². The van der Waals surface area contributed by atoms with E-state index < -0.39 is 0 Å². The second-order valence-corrected chi connectivity index (χ2v) is 6.21. The normalized spacial score (nSPS) is 19.2. The molecule has 0 aromatic carbocycles. The summed E-state index contributed by atoms with van der Waals surface area (Å²) in [5.74, 6) is 3.49. The maximum absolute atomic E-state index is 5.63. The second-order valence-electron chi connectivity index (χ2n) is 5.06. The Morgan fingerprint density at radius 1 is 1.40 bits per heavy atom. The van der Waals surface area contributed by atoms with Gasteiger partial charge in [-0.05, 0) is 27.7 Å². The molecule has 1 fully saturated rings. The Kier molecular flexibility index (Phi) is 5.28. The van der Waals surface area contributed by atoms with E-state index in [-0.39, 0.29) is 6.10 Å². The number of rotatable bonds is 5. The maximum atomic E-state index is 5.63. The van der Waals surface area contributed by atoms with Crippen LogP contribution in [0.25, 0.3) is 0 Å². The Balaban J connectivity index is 2.27. The molecule has 7 heteroatoms. The molecule has 20 heavy (non-hydrogen) atoms. The summed E-state index contributed by atoms with van der Waals surface area (Å²) in [6.45, 7) is 9.89. The number of hydrogen-bond donors (Lipinski definition) is 1. The molecule has 0 radical (unpaired) electrons. The summed E-state index contributed by atoms with van der Waals surface area (Å²) in [5, 5.41) is 3.14. The van der Waals surface area contributed by atoms with Crippen molar-refractivity contribution in [3.63, 3.8) is 0 Å². The van der Waals surface area contributed by atoms with E-state index in [4.69, 9.17) is 4.74 Å². The molecule has 2 heterocycles. The largest absolute Gasteiger partial charge is 0.461 e. The van der Waals surface area contributed by atoms with Crippen molar-refractivity contribution in [1.82, 2.24) is 15.0 Å². The Bertz CT molecular complexity index is 443. The molecule has 1 aliphatic heterocycles. The molecule has 0 amide bonds. The zero-order chi connectivity index (χ0) is 14.5. The first-order valence-electron chi connectivity index (χ1n) is 7.11. The van der Waals surface area contributed by atoms with E-state index in [1.165, 1.54) is 0 Å². The number of anilines is 2. The lowest BCUT2D eigenvalue weighted by molar-refractivity contribution is 0.222. The predicted molar refractivity (Wildman–Crippen MR) is 83.9 cm³/mol. The minimum atomic E-state index is 0.0501. The van der Waals surface area contributed by atoms with Gasteiger partial charge in [-0.3, -0.25) is 0 Å². The quantitative estimate of drug-likeness (QED) is 0.892. The smallest absolute Gasteiger partial charge is 0.323 e. The summed E-state index contributed by atoms with van der Waals surface area (Å²) in [6.07, 6.45) is 0.0501. The van der Waals surface area contributed by atoms with Gasteiger partial charge in [0.25, 0.3) is 0 Å². The van der Waals surface area contributed by atoms with Crippen LogP contribution >= 0.6 is 11.8 Å². The minimum Gasteiger partial charge on any atom is -0.461 e. The van der Waals surface area contributed by atoms with Crippen LogP contribution in [0, 0.1) is 0 Å². The monoisotopic (exact) mass is 297 g/mol. The lowest BCUT2D eigenvalue weighted by atomic mass is 10.3. The molecule has 1 aromatic heterocycles. The minimum absolute atomic E-state index is 0.0501. The van der Waals surface area contributed by atoms with Crippen LogP contribution in [0.3, 0.4) is 0 Å². The molecule has 1 aromatic rings. The Morgan fingerprint density at radius 2 is 2.20 bits per heavy atom. The van der Waals surface area contributed by atoms with Crippen molar-refractivity contribution < 1.29 is 4.74 Å². The van der Waals surface area contributed by atoms with Gasteiger partial charge in [-0.2, -0.15) is 26.7 Å². The molecule has 0 aliphatic carbocycles. The summed E-state index contributed by atoms with van der Waals surface area (Å²) in [7, 11) is 0. The van der Waals surface area contributed by atoms with Gasteiger partial charge in [-0.25, -0.2) is 0 Å². The molecule has 0 saturated carbocycles. The van der Waals surface area contributed by atoms with E-state index >= 15 is 0 Å². The van der Waals surface area contributed by atoms with E-state index in [9.17, 15) is 0 Å². The van der Waals surface area contributed by atoms with Crippen molar-refractivity contribution >= 4 is 23.7 Å². The fourth-order valence-electron chi connectivity index (χ4n) is 2.00. The number of thioether (sulfide) groups is 1. The molecule has 2 rings (SSSR count). The van der Waals surface area contributed by atoms with Crippen molar-refractivity contribution in [2.75, 3.05) is 34.8 Å². The average molecular weight is 297 g/mol. The number of hydrogen-bond acceptors (Lipinski definition) is 7. The van der Waals surface area contributed by atoms with Crippen LogP contribution in [0.4, 0.5) is 11.9 Å². The van der Waals surface area contributed by atoms with Gasteiger partial charge in [-0.15, -0.1) is 0 Å². The lowest BCUT2D eigenvalue weighted by Crippen LogP contribution is -2.41. The van der Waals surface area contributed by atoms with Gasteiger partial charge in [0.1, 0.15) is 0 Å². The summed E-state index contributed by atoms with van der Waals surface area (Å²) >= 11 is 1.97. The van der Waals surface area contributed by atoms with E-state index in [1.54, 1.807) is 0 Å². The molecule has 1 aliphatic rings. The van der Waals surface area contributed by atoms with Crippen LogP contribution in [0.1, 0.15) is 27.7 Å². The molecule has 1 N–H and O–H groups in total. The average Bonchev–Trinajstić information content (AvgIpc) is 2.38. The van der Waals surface area contributed by atoms with E-state index in [0.717, 1.165) is 24.6 Å². The summed E-state index contributed by atoms with van der Waals surface area (Å²) < 4.78 is 5.63. The van der Waals surface area contributed by atoms with Crippen LogP contribution < -0.4 is 15.0 Å². The molecular weight excluding hydrogens is 274 g/mol. The molecule has 1 atom stereocenters. The van der Waals surface area contributed by atoms with Crippen LogP contribution in [0.2, 0.25) is 0 Å². The highest BCUT2D eigenvalue weighted by Gasteiger charge is 2.23. The topological polar surface area (TPSA) is 63.2 Å². The fraction of sp³-hybridized carbons (Fsp3) is 0.769. The first-order valence-corrected chi connectivity index (χ1v) is 8.26. The summed E-state index contributed by atoms with van der Waals surface area (Å²) in [6, 6.07) is 0.823. The van der Waals surface area contributed by atoms with Gasteiger partial charge < -0.3 is 15.0 Å². The maximum Gasteiger partial charge on any atom is 0.323 e. The third-order valence-electron chi connectivity index (χ3n) is 2.90. The third-order valence-corrected chi connectivity index (χ3v) is 4.09. The van der Waals surface area contributed by atoms with Gasteiger partial charge in [0.2, 0.25) is 11.9 Å². The zero-order valence-corrected chi connectivity index (χ0v) is 13.4. The highest BCUT2D eigenvalue weighted by molar-refractivity contribution is 7.99. The van der Waals surface area contributed by atoms with Gasteiger partial charge in [0.15, 0.2) is 0 Å². The Labute approximate surface area is 124 Å². The number of ether oxygens (including phenoxy) is 1. The zero-order valence-electron chi connectivity index (χ0n) is 12.6. The van der Waals surface area contributed by atoms with Crippen molar-refractivity contribution in [3.8, 4) is 6.01 Å². The van der Waals surface area contributed by atoms with Crippen LogP contribution in [-0.4, -0.2) is 51.7 Å². The highest BCUT2D eigenvalue weighted by atomic mass is 32.2. The molecule has 1 saturated heterocycles. The second kappa shape index (κ2) is 6.97. The molecule has 112 valence electrons. The van der Waals surface area contributed by atoms with Crippen molar-refractivity contribution in [3.05, 3.63) is 0 Å². The van der Waals surface area contributed by atoms with Crippen LogP contribution in [-0.2, 0) is 0 Å². The van der Waals surface area contributed by atoms with Crippen molar-refractivity contribution in [2.24, 2.45) is 0 Å². The van der Waals surface area contributed by atoms with E-state index in [1.807, 2.05) is 32.5 Å². The van der Waals surface area contributed by atoms with E-state index in [0.29, 0.717) is 23.9 Å². The standard InChI is InChI=1S/C13H23N5OS/c1-5-14-11-15-12(17-13(16-11)19-9(2)3)18-6-7-20-8-10(18)4/h9-10H,5-8H2,1-4H3,(H,14,15,16,17). The van der Waals surface area contributed by atoms with Crippen molar-refractivity contribution in [2.45, 2.75) is 39.8 Å². The number of aromatic nitrogens is 3. The van der Waals surface area contributed by atoms with Crippen LogP contribution in [0.15, 0.2) is 0 Å². The molecule has 1 unspecified atom stereocenters. The number of nitrogens with zero attached hydrogens (tertiary/aromatic N) is 4. The molecule has 0 bridgehead atoms. The molecular formula is C13H23N5OS. The fourth-order valence-corrected chi connectivity index (χ4v) is 3.01. The van der Waals surface area contributed by atoms with Gasteiger partial charge in [-0.1, -0.05) is 0 Å². The van der Waals surface area contributed by atoms with Crippen molar-refractivity contribution in [1.29, 1.82) is 0 Å². The first-order chi connectivity index (χ1) is 9.60. The summed E-state index contributed by atoms with van der Waals surface area (Å²) in [4.78, 5) is 15.5. The molecule has 0 spiro atoms. The Hall–Kier alpha value is -1.24. The first kappa shape index (κ1) is 15.2. The lowest BCUT2D eigenvalue weighted by Gasteiger charge is -2.33. The van der Waals surface area contributed by atoms with E-state index in [2.05, 4.69) is 32.1 Å². The molecule has 6 nitrogen and oxygen atoms in total. The SMILES string of the molecule is CCNc1nc(OC(C)C)nc(N2CCSCC2C)n1. The van der Waals surface area contributed by atoms with Gasteiger partial charge in [0.05, 0.1) is 6.10 Å². The third kappa shape index (κ3) is 3.88. The summed E-state index contributed by atoms with van der Waals surface area (Å²) in [5.41, 5.74) is 0. The highest BCUT2D eigenvalue weighted by Crippen LogP contribution is 2.23. The van der Waals surface area contributed by atoms with Crippen LogP contribution in [0.5, 0.6) is 6.01 Å². The predicted octanol–water partition coefficient (Wildman–Crippen LogP) is 2.03.